The average Bonchev–Trinajstić information content (AvgIpc) is 3.42. The topological polar surface area (TPSA) is 76.7 Å². The van der Waals surface area contributed by atoms with Gasteiger partial charge in [-0.05, 0) is 17.5 Å². The van der Waals surface area contributed by atoms with E-state index in [1.807, 2.05) is 16.8 Å². The van der Waals surface area contributed by atoms with Crippen molar-refractivity contribution in [3.8, 4) is 17.1 Å². The molecule has 0 saturated carbocycles. The molecule has 27 heavy (non-hydrogen) atoms. The van der Waals surface area contributed by atoms with Gasteiger partial charge in [0.25, 0.3) is 0 Å². The van der Waals surface area contributed by atoms with Gasteiger partial charge in [-0.15, -0.1) is 0 Å². The Bertz CT molecular complexity index is 1400. The van der Waals surface area contributed by atoms with Crippen molar-refractivity contribution in [2.24, 2.45) is 0 Å². The van der Waals surface area contributed by atoms with Gasteiger partial charge < -0.3 is 14.0 Å². The number of aromatic amines is 1. The molecule has 0 radical (unpaired) electrons. The Morgan fingerprint density at radius 2 is 1.89 bits per heavy atom. The Morgan fingerprint density at radius 1 is 0.926 bits per heavy atom. The van der Waals surface area contributed by atoms with Gasteiger partial charge in [-0.25, -0.2) is 19.9 Å². The molecule has 0 saturated heterocycles. The van der Waals surface area contributed by atoms with E-state index in [0.29, 0.717) is 5.65 Å². The maximum absolute atomic E-state index is 4.56. The lowest BCUT2D eigenvalue weighted by Gasteiger charge is -2.02. The summed E-state index contributed by atoms with van der Waals surface area (Å²) >= 11 is 0. The molecular formula is C20H13N7. The number of aromatic nitrogens is 7. The smallest absolute Gasteiger partial charge is 0.181 e. The fraction of sp³-hybridized carbons (Fsp3) is 0. The van der Waals surface area contributed by atoms with Crippen LogP contribution in [0.5, 0.6) is 0 Å². The number of fused-ring (bicyclic) bond motifs is 3. The van der Waals surface area contributed by atoms with Gasteiger partial charge in [0.05, 0.1) is 11.9 Å². The summed E-state index contributed by atoms with van der Waals surface area (Å²) in [6.45, 7) is 0. The average molecular weight is 351 g/mol. The van der Waals surface area contributed by atoms with Crippen LogP contribution in [0.15, 0.2) is 73.8 Å². The second-order valence-corrected chi connectivity index (χ2v) is 6.43. The van der Waals surface area contributed by atoms with Crippen LogP contribution in [0.3, 0.4) is 0 Å². The Labute approximate surface area is 153 Å². The third kappa shape index (κ3) is 2.22. The highest BCUT2D eigenvalue weighted by Gasteiger charge is 2.09. The maximum atomic E-state index is 4.56. The quantitative estimate of drug-likeness (QED) is 0.517. The van der Waals surface area contributed by atoms with Gasteiger partial charge in [-0.2, -0.15) is 0 Å². The number of hydrogen-bond acceptors (Lipinski definition) is 4. The van der Waals surface area contributed by atoms with Crippen molar-refractivity contribution >= 4 is 27.6 Å². The SMILES string of the molecule is c1ncc2[nH]c(-c3ccc4cn(-c5ccn6ccnc6c5)cc4c3)nc2n1. The first-order chi connectivity index (χ1) is 13.3. The van der Waals surface area contributed by atoms with Crippen LogP contribution in [-0.4, -0.2) is 33.9 Å². The number of pyridine rings is 1. The fourth-order valence-corrected chi connectivity index (χ4v) is 3.40. The van der Waals surface area contributed by atoms with Gasteiger partial charge in [-0.1, -0.05) is 12.1 Å². The number of benzene rings is 1. The summed E-state index contributed by atoms with van der Waals surface area (Å²) < 4.78 is 4.11. The van der Waals surface area contributed by atoms with Gasteiger partial charge in [-0.3, -0.25) is 0 Å². The standard InChI is InChI=1S/C20H13N7/c1-2-14-10-27(16-3-5-26-6-4-22-18(26)8-16)11-15(14)7-13(1)19-24-17-9-21-12-23-20(17)25-19/h1-12H,(H,21,23,24,25). The molecule has 6 rings (SSSR count). The predicted molar refractivity (Wildman–Crippen MR) is 103 cm³/mol. The number of H-pyrrole nitrogens is 1. The molecule has 128 valence electrons. The van der Waals surface area contributed by atoms with Crippen LogP contribution < -0.4 is 0 Å². The van der Waals surface area contributed by atoms with Crippen molar-refractivity contribution in [1.29, 1.82) is 0 Å². The molecule has 6 aromatic rings. The lowest BCUT2D eigenvalue weighted by Crippen LogP contribution is -1.91. The number of nitrogens with zero attached hydrogens (tertiary/aromatic N) is 6. The highest BCUT2D eigenvalue weighted by atomic mass is 15.0. The van der Waals surface area contributed by atoms with Crippen LogP contribution >= 0.6 is 0 Å². The van der Waals surface area contributed by atoms with Crippen molar-refractivity contribution < 1.29 is 0 Å². The van der Waals surface area contributed by atoms with Crippen LogP contribution in [-0.2, 0) is 0 Å². The van der Waals surface area contributed by atoms with E-state index in [1.165, 1.54) is 6.33 Å². The van der Waals surface area contributed by atoms with Gasteiger partial charge >= 0.3 is 0 Å². The molecule has 0 atom stereocenters. The molecule has 0 bridgehead atoms. The van der Waals surface area contributed by atoms with E-state index in [9.17, 15) is 0 Å². The Morgan fingerprint density at radius 3 is 2.85 bits per heavy atom. The number of imidazole rings is 2. The van der Waals surface area contributed by atoms with Crippen LogP contribution in [0.1, 0.15) is 0 Å². The summed E-state index contributed by atoms with van der Waals surface area (Å²) in [5.41, 5.74) is 4.52. The lowest BCUT2D eigenvalue weighted by molar-refractivity contribution is 1.06. The molecule has 1 N–H and O–H groups in total. The van der Waals surface area contributed by atoms with Gasteiger partial charge in [0.1, 0.15) is 23.3 Å². The van der Waals surface area contributed by atoms with Crippen molar-refractivity contribution in [2.75, 3.05) is 0 Å². The molecule has 5 aromatic heterocycles. The van der Waals surface area contributed by atoms with Crippen molar-refractivity contribution in [2.45, 2.75) is 0 Å². The minimum absolute atomic E-state index is 0.672. The molecule has 0 fully saturated rings. The minimum Gasteiger partial charge on any atom is -0.335 e. The fourth-order valence-electron chi connectivity index (χ4n) is 3.40. The zero-order valence-electron chi connectivity index (χ0n) is 14.1. The summed E-state index contributed by atoms with van der Waals surface area (Å²) in [6.07, 6.45) is 13.2. The highest BCUT2D eigenvalue weighted by molar-refractivity contribution is 5.88. The summed E-state index contributed by atoms with van der Waals surface area (Å²) in [4.78, 5) is 20.4. The zero-order chi connectivity index (χ0) is 17.8. The Kier molecular flexibility index (Phi) is 2.76. The zero-order valence-corrected chi connectivity index (χ0v) is 14.1. The van der Waals surface area contributed by atoms with Gasteiger partial charge in [0.15, 0.2) is 5.65 Å². The second-order valence-electron chi connectivity index (χ2n) is 6.43. The third-order valence-electron chi connectivity index (χ3n) is 4.76. The largest absolute Gasteiger partial charge is 0.335 e. The summed E-state index contributed by atoms with van der Waals surface area (Å²) in [5, 5.41) is 2.31. The summed E-state index contributed by atoms with van der Waals surface area (Å²) in [5.74, 6) is 0.791. The molecule has 0 amide bonds. The van der Waals surface area contributed by atoms with Crippen molar-refractivity contribution in [3.63, 3.8) is 0 Å². The molecule has 0 spiro atoms. The molecule has 0 aliphatic carbocycles. The molecule has 7 heteroatoms. The van der Waals surface area contributed by atoms with E-state index in [-0.39, 0.29) is 0 Å². The van der Waals surface area contributed by atoms with E-state index in [0.717, 1.165) is 39.0 Å². The number of hydrogen-bond donors (Lipinski definition) is 1. The molecule has 0 aliphatic heterocycles. The first-order valence-electron chi connectivity index (χ1n) is 8.54. The molecule has 5 heterocycles. The minimum atomic E-state index is 0.672. The second kappa shape index (κ2) is 5.25. The van der Waals surface area contributed by atoms with Crippen LogP contribution in [0.4, 0.5) is 0 Å². The highest BCUT2D eigenvalue weighted by Crippen LogP contribution is 2.26. The van der Waals surface area contributed by atoms with Crippen molar-refractivity contribution in [1.82, 2.24) is 33.9 Å². The molecular weight excluding hydrogens is 338 g/mol. The molecule has 7 nitrogen and oxygen atoms in total. The van der Waals surface area contributed by atoms with Crippen molar-refractivity contribution in [3.05, 3.63) is 73.8 Å². The van der Waals surface area contributed by atoms with Gasteiger partial charge in [0, 0.05) is 48.0 Å². The molecule has 1 aromatic carbocycles. The first-order valence-corrected chi connectivity index (χ1v) is 8.54. The third-order valence-corrected chi connectivity index (χ3v) is 4.76. The van der Waals surface area contributed by atoms with E-state index >= 15 is 0 Å². The molecule has 0 unspecified atom stereocenters. The Hall–Kier alpha value is -4.00. The van der Waals surface area contributed by atoms with E-state index in [1.54, 1.807) is 12.4 Å². The normalized spacial score (nSPS) is 11.7. The van der Waals surface area contributed by atoms with E-state index in [2.05, 4.69) is 72.2 Å². The monoisotopic (exact) mass is 351 g/mol. The van der Waals surface area contributed by atoms with Crippen LogP contribution in [0.2, 0.25) is 0 Å². The Balaban J connectivity index is 1.46. The maximum Gasteiger partial charge on any atom is 0.181 e. The van der Waals surface area contributed by atoms with Crippen LogP contribution in [0.25, 0.3) is 44.7 Å². The lowest BCUT2D eigenvalue weighted by atomic mass is 10.1. The molecule has 0 aliphatic rings. The number of rotatable bonds is 2. The summed E-state index contributed by atoms with van der Waals surface area (Å²) in [7, 11) is 0. The summed E-state index contributed by atoms with van der Waals surface area (Å²) in [6, 6.07) is 10.4. The van der Waals surface area contributed by atoms with E-state index < -0.39 is 0 Å². The van der Waals surface area contributed by atoms with Gasteiger partial charge in [0.2, 0.25) is 0 Å². The predicted octanol–water partition coefficient (Wildman–Crippen LogP) is 3.61. The number of nitrogens with one attached hydrogen (secondary N) is 1. The van der Waals surface area contributed by atoms with Crippen LogP contribution in [0, 0.1) is 0 Å². The first kappa shape index (κ1) is 14.2. The van der Waals surface area contributed by atoms with E-state index in [4.69, 9.17) is 0 Å².